The third-order valence-corrected chi connectivity index (χ3v) is 2.56. The summed E-state index contributed by atoms with van der Waals surface area (Å²) in [5, 5.41) is 11.9. The molecule has 0 saturated carbocycles. The number of hydrogen-bond acceptors (Lipinski definition) is 4. The van der Waals surface area contributed by atoms with Crippen LogP contribution in [0.1, 0.15) is 10.4 Å². The van der Waals surface area contributed by atoms with Crippen LogP contribution >= 0.6 is 0 Å². The molecule has 100 valence electrons. The maximum absolute atomic E-state index is 12.1. The van der Waals surface area contributed by atoms with Crippen LogP contribution in [0.15, 0.2) is 66.6 Å². The molecule has 0 atom stereocenters. The van der Waals surface area contributed by atoms with E-state index in [9.17, 15) is 9.59 Å². The molecule has 0 fully saturated rings. The number of aliphatic carboxylic acids is 1. The van der Waals surface area contributed by atoms with E-state index in [0.717, 1.165) is 0 Å². The number of nitrogens with one attached hydrogen (secondary N) is 1. The number of nitrogens with zero attached hydrogens (tertiary/aromatic N) is 1. The van der Waals surface area contributed by atoms with Crippen molar-refractivity contribution in [2.45, 2.75) is 0 Å². The first kappa shape index (κ1) is 13.5. The van der Waals surface area contributed by atoms with E-state index in [1.54, 1.807) is 30.3 Å². The van der Waals surface area contributed by atoms with E-state index in [-0.39, 0.29) is 11.1 Å². The number of rotatable bonds is 5. The highest BCUT2D eigenvalue weighted by Gasteiger charge is 2.19. The van der Waals surface area contributed by atoms with Crippen LogP contribution < -0.4 is 5.32 Å². The Morgan fingerprint density at radius 1 is 1.10 bits per heavy atom. The molecule has 0 aliphatic carbocycles. The monoisotopic (exact) mass is 268 g/mol. The number of carbonyl (C=O) groups excluding carboxylic acids is 1. The molecule has 0 amide bonds. The Balaban J connectivity index is 2.23. The maximum atomic E-state index is 12.1. The van der Waals surface area contributed by atoms with Gasteiger partial charge in [0.1, 0.15) is 5.57 Å². The van der Waals surface area contributed by atoms with Crippen molar-refractivity contribution in [1.29, 1.82) is 0 Å². The SMILES string of the molecule is O=C(O)/C(=C\Nc1ccccc1)C(=O)c1cccnc1. The van der Waals surface area contributed by atoms with Crippen molar-refractivity contribution < 1.29 is 14.7 Å². The smallest absolute Gasteiger partial charge is 0.341 e. The molecular formula is C15H12N2O3. The van der Waals surface area contributed by atoms with Gasteiger partial charge in [-0.1, -0.05) is 18.2 Å². The van der Waals surface area contributed by atoms with Crippen molar-refractivity contribution in [2.24, 2.45) is 0 Å². The van der Waals surface area contributed by atoms with Crippen LogP contribution in [0.3, 0.4) is 0 Å². The molecule has 0 saturated heterocycles. The van der Waals surface area contributed by atoms with Crippen LogP contribution in [-0.2, 0) is 4.79 Å². The average molecular weight is 268 g/mol. The van der Waals surface area contributed by atoms with Gasteiger partial charge in [0.25, 0.3) is 0 Å². The number of carboxylic acid groups (broad SMARTS) is 1. The number of carbonyl (C=O) groups is 2. The summed E-state index contributed by atoms with van der Waals surface area (Å²) in [6.07, 6.45) is 4.04. The summed E-state index contributed by atoms with van der Waals surface area (Å²) >= 11 is 0. The zero-order chi connectivity index (χ0) is 14.4. The molecule has 0 bridgehead atoms. The number of aromatic nitrogens is 1. The van der Waals surface area contributed by atoms with E-state index in [0.29, 0.717) is 5.69 Å². The van der Waals surface area contributed by atoms with Gasteiger partial charge in [0, 0.05) is 29.8 Å². The Morgan fingerprint density at radius 2 is 1.85 bits per heavy atom. The van der Waals surface area contributed by atoms with Gasteiger partial charge in [0.05, 0.1) is 0 Å². The Morgan fingerprint density at radius 3 is 2.45 bits per heavy atom. The average Bonchev–Trinajstić information content (AvgIpc) is 2.49. The second kappa shape index (κ2) is 6.29. The second-order valence-electron chi connectivity index (χ2n) is 3.94. The van der Waals surface area contributed by atoms with Crippen molar-refractivity contribution in [3.05, 3.63) is 72.2 Å². The Kier molecular flexibility index (Phi) is 4.24. The summed E-state index contributed by atoms with van der Waals surface area (Å²) in [5.41, 5.74) is 0.586. The summed E-state index contributed by atoms with van der Waals surface area (Å²) in [7, 11) is 0. The van der Waals surface area contributed by atoms with Gasteiger partial charge in [-0.25, -0.2) is 4.79 Å². The fraction of sp³-hybridized carbons (Fsp3) is 0. The first-order chi connectivity index (χ1) is 9.68. The standard InChI is InChI=1S/C15H12N2O3/c18-14(11-5-4-8-16-9-11)13(15(19)20)10-17-12-6-2-1-3-7-12/h1-10,17H,(H,19,20)/b13-10-. The lowest BCUT2D eigenvalue weighted by atomic mass is 10.1. The van der Waals surface area contributed by atoms with Crippen molar-refractivity contribution in [1.82, 2.24) is 4.98 Å². The van der Waals surface area contributed by atoms with Gasteiger partial charge >= 0.3 is 5.97 Å². The van der Waals surface area contributed by atoms with Crippen LogP contribution in [0.5, 0.6) is 0 Å². The molecule has 0 unspecified atom stereocenters. The lowest BCUT2D eigenvalue weighted by molar-refractivity contribution is -0.132. The van der Waals surface area contributed by atoms with Gasteiger partial charge in [-0.2, -0.15) is 0 Å². The molecule has 0 radical (unpaired) electrons. The molecule has 0 aliphatic rings. The highest BCUT2D eigenvalue weighted by Crippen LogP contribution is 2.10. The van der Waals surface area contributed by atoms with E-state index in [2.05, 4.69) is 10.3 Å². The first-order valence-electron chi connectivity index (χ1n) is 5.88. The molecule has 5 heteroatoms. The van der Waals surface area contributed by atoms with E-state index >= 15 is 0 Å². The third-order valence-electron chi connectivity index (χ3n) is 2.56. The van der Waals surface area contributed by atoms with Crippen LogP contribution in [0.25, 0.3) is 0 Å². The third kappa shape index (κ3) is 3.29. The summed E-state index contributed by atoms with van der Waals surface area (Å²) < 4.78 is 0. The topological polar surface area (TPSA) is 79.3 Å². The van der Waals surface area contributed by atoms with Gasteiger partial charge in [-0.05, 0) is 24.3 Å². The minimum atomic E-state index is -1.29. The predicted octanol–water partition coefficient (Wildman–Crippen LogP) is 2.34. The van der Waals surface area contributed by atoms with Crippen LogP contribution in [0.2, 0.25) is 0 Å². The number of anilines is 1. The number of benzene rings is 1. The number of Topliss-reactive ketones (excluding diaryl/α,β-unsaturated/α-hetero) is 1. The van der Waals surface area contributed by atoms with Crippen molar-refractivity contribution in [3.63, 3.8) is 0 Å². The van der Waals surface area contributed by atoms with Crippen molar-refractivity contribution in [2.75, 3.05) is 5.32 Å². The summed E-state index contributed by atoms with van der Waals surface area (Å²) in [5.74, 6) is -1.88. The highest BCUT2D eigenvalue weighted by molar-refractivity contribution is 6.23. The molecule has 0 aliphatic heterocycles. The predicted molar refractivity (Wildman–Crippen MR) is 74.4 cm³/mol. The van der Waals surface area contributed by atoms with E-state index < -0.39 is 11.8 Å². The molecule has 2 aromatic rings. The van der Waals surface area contributed by atoms with E-state index in [4.69, 9.17) is 5.11 Å². The maximum Gasteiger partial charge on any atom is 0.341 e. The van der Waals surface area contributed by atoms with Gasteiger partial charge in [0.2, 0.25) is 5.78 Å². The molecule has 2 rings (SSSR count). The zero-order valence-electron chi connectivity index (χ0n) is 10.5. The van der Waals surface area contributed by atoms with Gasteiger partial charge in [0.15, 0.2) is 0 Å². The van der Waals surface area contributed by atoms with Crippen LogP contribution in [0, 0.1) is 0 Å². The number of carboxylic acids is 1. The van der Waals surface area contributed by atoms with Crippen molar-refractivity contribution in [3.8, 4) is 0 Å². The first-order valence-corrected chi connectivity index (χ1v) is 5.88. The van der Waals surface area contributed by atoms with Crippen LogP contribution in [0.4, 0.5) is 5.69 Å². The number of pyridine rings is 1. The highest BCUT2D eigenvalue weighted by atomic mass is 16.4. The number of ketones is 1. The molecule has 1 aromatic heterocycles. The number of para-hydroxylation sites is 1. The summed E-state index contributed by atoms with van der Waals surface area (Å²) in [6, 6.07) is 12.1. The minimum absolute atomic E-state index is 0.232. The summed E-state index contributed by atoms with van der Waals surface area (Å²) in [6.45, 7) is 0. The summed E-state index contributed by atoms with van der Waals surface area (Å²) in [4.78, 5) is 27.1. The Bertz CT molecular complexity index is 637. The molecule has 1 aromatic carbocycles. The van der Waals surface area contributed by atoms with Crippen LogP contribution in [-0.4, -0.2) is 21.8 Å². The van der Waals surface area contributed by atoms with Gasteiger partial charge in [-0.3, -0.25) is 9.78 Å². The fourth-order valence-corrected chi connectivity index (χ4v) is 1.57. The van der Waals surface area contributed by atoms with Gasteiger partial charge < -0.3 is 10.4 Å². The Hall–Kier alpha value is -2.95. The second-order valence-corrected chi connectivity index (χ2v) is 3.94. The normalized spacial score (nSPS) is 10.9. The Labute approximate surface area is 115 Å². The number of hydrogen-bond donors (Lipinski definition) is 2. The van der Waals surface area contributed by atoms with E-state index in [1.165, 1.54) is 24.7 Å². The quantitative estimate of drug-likeness (QED) is 0.376. The van der Waals surface area contributed by atoms with Crippen molar-refractivity contribution >= 4 is 17.4 Å². The molecule has 5 nitrogen and oxygen atoms in total. The molecule has 20 heavy (non-hydrogen) atoms. The lowest BCUT2D eigenvalue weighted by Crippen LogP contribution is -2.14. The minimum Gasteiger partial charge on any atom is -0.477 e. The zero-order valence-corrected chi connectivity index (χ0v) is 10.5. The van der Waals surface area contributed by atoms with Gasteiger partial charge in [-0.15, -0.1) is 0 Å². The molecule has 1 heterocycles. The van der Waals surface area contributed by atoms with E-state index in [1.807, 2.05) is 6.07 Å². The molecule has 0 spiro atoms. The largest absolute Gasteiger partial charge is 0.477 e. The molecule has 2 N–H and O–H groups in total. The fourth-order valence-electron chi connectivity index (χ4n) is 1.57. The molecular weight excluding hydrogens is 256 g/mol. The lowest BCUT2D eigenvalue weighted by Gasteiger charge is -2.04.